The fourth-order valence-electron chi connectivity index (χ4n) is 1.53. The summed E-state index contributed by atoms with van der Waals surface area (Å²) in [6.45, 7) is 0. The molecule has 0 fully saturated rings. The van der Waals surface area contributed by atoms with E-state index in [1.54, 1.807) is 7.05 Å². The van der Waals surface area contributed by atoms with Crippen molar-refractivity contribution in [1.82, 2.24) is 4.98 Å². The highest BCUT2D eigenvalue weighted by molar-refractivity contribution is 6.33. The third kappa shape index (κ3) is 3.18. The standard InChI is InChI=1S/C13H10Cl2FN3O/c1-17-12-9(15)4-7(6-18-12)13(20)19-11-5-8(14)2-3-10(11)16/h2-6H,1H3,(H,17,18)(H,19,20). The summed E-state index contributed by atoms with van der Waals surface area (Å²) in [5.74, 6) is -0.644. The summed E-state index contributed by atoms with van der Waals surface area (Å²) >= 11 is 11.7. The van der Waals surface area contributed by atoms with Crippen LogP contribution >= 0.6 is 23.2 Å². The molecule has 0 spiro atoms. The molecule has 0 aliphatic heterocycles. The molecule has 0 unspecified atom stereocenters. The lowest BCUT2D eigenvalue weighted by Crippen LogP contribution is -2.13. The van der Waals surface area contributed by atoms with Crippen LogP contribution in [-0.4, -0.2) is 17.9 Å². The number of anilines is 2. The van der Waals surface area contributed by atoms with Gasteiger partial charge in [0.2, 0.25) is 0 Å². The number of carbonyl (C=O) groups excluding carboxylic acids is 1. The number of pyridine rings is 1. The third-order valence-corrected chi connectivity index (χ3v) is 3.04. The zero-order valence-electron chi connectivity index (χ0n) is 10.4. The van der Waals surface area contributed by atoms with Gasteiger partial charge in [-0.15, -0.1) is 0 Å². The molecule has 2 N–H and O–H groups in total. The second kappa shape index (κ2) is 6.07. The second-order valence-electron chi connectivity index (χ2n) is 3.88. The lowest BCUT2D eigenvalue weighted by Gasteiger charge is -2.08. The highest BCUT2D eigenvalue weighted by Gasteiger charge is 2.12. The summed E-state index contributed by atoms with van der Waals surface area (Å²) in [5, 5.41) is 5.81. The lowest BCUT2D eigenvalue weighted by atomic mass is 10.2. The van der Waals surface area contributed by atoms with Crippen molar-refractivity contribution in [2.75, 3.05) is 17.7 Å². The van der Waals surface area contributed by atoms with Crippen LogP contribution in [0.15, 0.2) is 30.5 Å². The lowest BCUT2D eigenvalue weighted by molar-refractivity contribution is 0.102. The Hall–Kier alpha value is -1.85. The molecule has 104 valence electrons. The van der Waals surface area contributed by atoms with Gasteiger partial charge in [0.05, 0.1) is 16.3 Å². The fraction of sp³-hybridized carbons (Fsp3) is 0.0769. The first-order valence-electron chi connectivity index (χ1n) is 5.61. The summed E-state index contributed by atoms with van der Waals surface area (Å²) in [5.41, 5.74) is 0.213. The molecular formula is C13H10Cl2FN3O. The van der Waals surface area contributed by atoms with Gasteiger partial charge in [-0.25, -0.2) is 9.37 Å². The zero-order valence-corrected chi connectivity index (χ0v) is 11.9. The molecule has 0 saturated heterocycles. The topological polar surface area (TPSA) is 54.0 Å². The Labute approximate surface area is 124 Å². The van der Waals surface area contributed by atoms with E-state index in [1.807, 2.05) is 0 Å². The van der Waals surface area contributed by atoms with Crippen molar-refractivity contribution in [3.63, 3.8) is 0 Å². The molecule has 1 aromatic carbocycles. The molecule has 0 atom stereocenters. The third-order valence-electron chi connectivity index (χ3n) is 2.52. The average molecular weight is 314 g/mol. The zero-order chi connectivity index (χ0) is 14.7. The van der Waals surface area contributed by atoms with Crippen LogP contribution < -0.4 is 10.6 Å². The minimum atomic E-state index is -0.575. The van der Waals surface area contributed by atoms with Crippen molar-refractivity contribution in [3.8, 4) is 0 Å². The van der Waals surface area contributed by atoms with E-state index in [0.29, 0.717) is 15.9 Å². The Morgan fingerprint density at radius 3 is 2.70 bits per heavy atom. The molecule has 0 aliphatic rings. The SMILES string of the molecule is CNc1ncc(C(=O)Nc2cc(Cl)ccc2F)cc1Cl. The first-order valence-corrected chi connectivity index (χ1v) is 6.36. The first kappa shape index (κ1) is 14.6. The van der Waals surface area contributed by atoms with Crippen LogP contribution in [-0.2, 0) is 0 Å². The van der Waals surface area contributed by atoms with E-state index < -0.39 is 11.7 Å². The quantitative estimate of drug-likeness (QED) is 0.905. The predicted octanol–water partition coefficient (Wildman–Crippen LogP) is 3.82. The maximum Gasteiger partial charge on any atom is 0.257 e. The summed E-state index contributed by atoms with van der Waals surface area (Å²) in [4.78, 5) is 16.0. The monoisotopic (exact) mass is 313 g/mol. The maximum absolute atomic E-state index is 13.5. The molecule has 4 nitrogen and oxygen atoms in total. The van der Waals surface area contributed by atoms with Gasteiger partial charge in [0.15, 0.2) is 0 Å². The molecule has 1 amide bonds. The molecule has 0 radical (unpaired) electrons. The van der Waals surface area contributed by atoms with Crippen molar-refractivity contribution in [2.24, 2.45) is 0 Å². The van der Waals surface area contributed by atoms with Crippen LogP contribution in [0.4, 0.5) is 15.9 Å². The fourth-order valence-corrected chi connectivity index (χ4v) is 1.97. The van der Waals surface area contributed by atoms with Gasteiger partial charge in [-0.1, -0.05) is 23.2 Å². The van der Waals surface area contributed by atoms with Crippen LogP contribution in [0, 0.1) is 5.82 Å². The number of rotatable bonds is 3. The number of hydrogen-bond acceptors (Lipinski definition) is 3. The number of nitrogens with zero attached hydrogens (tertiary/aromatic N) is 1. The second-order valence-corrected chi connectivity index (χ2v) is 4.73. The summed E-state index contributed by atoms with van der Waals surface area (Å²) in [6.07, 6.45) is 1.34. The largest absolute Gasteiger partial charge is 0.372 e. The molecular weight excluding hydrogens is 304 g/mol. The number of aromatic nitrogens is 1. The summed E-state index contributed by atoms with van der Waals surface area (Å²) in [7, 11) is 1.66. The van der Waals surface area contributed by atoms with E-state index in [0.717, 1.165) is 0 Å². The molecule has 7 heteroatoms. The summed E-state index contributed by atoms with van der Waals surface area (Å²) in [6, 6.07) is 5.34. The molecule has 0 saturated carbocycles. The van der Waals surface area contributed by atoms with Gasteiger partial charge in [0.1, 0.15) is 11.6 Å². The van der Waals surface area contributed by atoms with Crippen LogP contribution in [0.25, 0.3) is 0 Å². The van der Waals surface area contributed by atoms with Gasteiger partial charge >= 0.3 is 0 Å². The minimum absolute atomic E-state index is 0.00341. The number of nitrogens with one attached hydrogen (secondary N) is 2. The van der Waals surface area contributed by atoms with Gasteiger partial charge < -0.3 is 10.6 Å². The highest BCUT2D eigenvalue weighted by atomic mass is 35.5. The van der Waals surface area contributed by atoms with E-state index >= 15 is 0 Å². The number of hydrogen-bond donors (Lipinski definition) is 2. The van der Waals surface area contributed by atoms with Crippen molar-refractivity contribution in [3.05, 3.63) is 51.9 Å². The van der Waals surface area contributed by atoms with E-state index in [1.165, 1.54) is 30.5 Å². The van der Waals surface area contributed by atoms with Crippen molar-refractivity contribution < 1.29 is 9.18 Å². The Balaban J connectivity index is 2.24. The molecule has 2 rings (SSSR count). The number of halogens is 3. The van der Waals surface area contributed by atoms with Crippen molar-refractivity contribution in [1.29, 1.82) is 0 Å². The van der Waals surface area contributed by atoms with Crippen LogP contribution in [0.5, 0.6) is 0 Å². The number of carbonyl (C=O) groups is 1. The number of benzene rings is 1. The van der Waals surface area contributed by atoms with Gasteiger partial charge in [0.25, 0.3) is 5.91 Å². The van der Waals surface area contributed by atoms with Crippen molar-refractivity contribution in [2.45, 2.75) is 0 Å². The highest BCUT2D eigenvalue weighted by Crippen LogP contribution is 2.22. The molecule has 2 aromatic rings. The Kier molecular flexibility index (Phi) is 4.42. The molecule has 20 heavy (non-hydrogen) atoms. The maximum atomic E-state index is 13.5. The normalized spacial score (nSPS) is 10.2. The predicted molar refractivity (Wildman–Crippen MR) is 78.2 cm³/mol. The van der Waals surface area contributed by atoms with E-state index in [4.69, 9.17) is 23.2 Å². The van der Waals surface area contributed by atoms with Crippen molar-refractivity contribution >= 4 is 40.6 Å². The Bertz CT molecular complexity index is 664. The molecule has 0 bridgehead atoms. The van der Waals surface area contributed by atoms with Gasteiger partial charge in [-0.2, -0.15) is 0 Å². The minimum Gasteiger partial charge on any atom is -0.372 e. The molecule has 0 aliphatic carbocycles. The van der Waals surface area contributed by atoms with Crippen LogP contribution in [0.1, 0.15) is 10.4 Å². The van der Waals surface area contributed by atoms with Gasteiger partial charge in [-0.05, 0) is 24.3 Å². The first-order chi connectivity index (χ1) is 9.51. The van der Waals surface area contributed by atoms with Crippen LogP contribution in [0.3, 0.4) is 0 Å². The van der Waals surface area contributed by atoms with Gasteiger partial charge in [0, 0.05) is 18.3 Å². The molecule has 1 aromatic heterocycles. The Morgan fingerprint density at radius 2 is 2.05 bits per heavy atom. The average Bonchev–Trinajstić information content (AvgIpc) is 2.42. The van der Waals surface area contributed by atoms with Gasteiger partial charge in [-0.3, -0.25) is 4.79 Å². The van der Waals surface area contributed by atoms with E-state index in [2.05, 4.69) is 15.6 Å². The summed E-state index contributed by atoms with van der Waals surface area (Å²) < 4.78 is 13.5. The van der Waals surface area contributed by atoms with E-state index in [9.17, 15) is 9.18 Å². The van der Waals surface area contributed by atoms with E-state index in [-0.39, 0.29) is 11.3 Å². The van der Waals surface area contributed by atoms with Crippen LogP contribution in [0.2, 0.25) is 10.0 Å². The number of amides is 1. The molecule has 1 heterocycles. The Morgan fingerprint density at radius 1 is 1.30 bits per heavy atom. The smallest absolute Gasteiger partial charge is 0.257 e.